The summed E-state index contributed by atoms with van der Waals surface area (Å²) in [6.45, 7) is 0. The lowest BCUT2D eigenvalue weighted by molar-refractivity contribution is -0.153. The Morgan fingerprint density at radius 2 is 0.947 bits per heavy atom. The molecule has 0 aromatic heterocycles. The number of benzene rings is 1. The zero-order chi connectivity index (χ0) is 28.0. The third kappa shape index (κ3) is 3.88. The van der Waals surface area contributed by atoms with Crippen LogP contribution in [0.2, 0.25) is 0 Å². The van der Waals surface area contributed by atoms with E-state index in [-0.39, 0.29) is 11.1 Å². The number of hydrogen-bond acceptors (Lipinski definition) is 9. The van der Waals surface area contributed by atoms with Crippen LogP contribution in [0.1, 0.15) is 11.5 Å². The molecular formula is C25H23N5O8. The number of allylic oxidation sites excluding steroid dienone is 2. The number of hydrogen-bond donors (Lipinski definition) is 1. The largest absolute Gasteiger partial charge is 0.367 e. The van der Waals surface area contributed by atoms with E-state index in [0.29, 0.717) is 25.2 Å². The fourth-order valence-electron chi connectivity index (χ4n) is 4.58. The lowest BCUT2D eigenvalue weighted by atomic mass is 9.75. The Bertz CT molecular complexity index is 1250. The highest BCUT2D eigenvalue weighted by atomic mass is 16.2. The Morgan fingerprint density at radius 3 is 1.29 bits per heavy atom. The molecule has 4 rings (SSSR count). The van der Waals surface area contributed by atoms with Crippen LogP contribution in [-0.2, 0) is 28.8 Å². The molecule has 2 fully saturated rings. The van der Waals surface area contributed by atoms with E-state index < -0.39 is 65.0 Å². The van der Waals surface area contributed by atoms with E-state index in [1.54, 1.807) is 30.3 Å². The first-order valence-corrected chi connectivity index (χ1v) is 11.4. The molecule has 0 bridgehead atoms. The van der Waals surface area contributed by atoms with Crippen LogP contribution in [0.15, 0.2) is 53.9 Å². The summed E-state index contributed by atoms with van der Waals surface area (Å²) >= 11 is 0. The van der Waals surface area contributed by atoms with E-state index >= 15 is 0 Å². The number of barbiturate groups is 2. The third-order valence-electron chi connectivity index (χ3n) is 6.78. The van der Waals surface area contributed by atoms with Crippen molar-refractivity contribution >= 4 is 47.3 Å². The number of rotatable bonds is 5. The number of ketones is 2. The average Bonchev–Trinajstić information content (AvgIpc) is 2.92. The van der Waals surface area contributed by atoms with Crippen LogP contribution in [0.4, 0.5) is 9.59 Å². The number of dihydropyridines is 1. The maximum Gasteiger partial charge on any atom is 0.332 e. The van der Waals surface area contributed by atoms with Crippen molar-refractivity contribution in [3.8, 4) is 0 Å². The Kier molecular flexibility index (Phi) is 6.53. The molecule has 0 atom stereocenters. The van der Waals surface area contributed by atoms with Crippen LogP contribution in [0.5, 0.6) is 0 Å². The fraction of sp³-hybridized carbons (Fsp3) is 0.280. The van der Waals surface area contributed by atoms with Gasteiger partial charge in [-0.25, -0.2) is 9.59 Å². The van der Waals surface area contributed by atoms with Crippen molar-refractivity contribution in [1.29, 1.82) is 0 Å². The second-order valence-electron chi connectivity index (χ2n) is 8.96. The molecule has 13 heteroatoms. The summed E-state index contributed by atoms with van der Waals surface area (Å²) in [5, 5.41) is 2.65. The van der Waals surface area contributed by atoms with Gasteiger partial charge in [0.05, 0.1) is 0 Å². The van der Waals surface area contributed by atoms with Crippen LogP contribution < -0.4 is 5.32 Å². The summed E-state index contributed by atoms with van der Waals surface area (Å²) in [7, 11) is 4.55. The van der Waals surface area contributed by atoms with E-state index in [1.807, 2.05) is 0 Å². The van der Waals surface area contributed by atoms with Gasteiger partial charge in [0.15, 0.2) is 23.4 Å². The molecule has 1 aromatic rings. The molecule has 0 spiro atoms. The number of nitrogens with one attached hydrogen (secondary N) is 1. The van der Waals surface area contributed by atoms with Gasteiger partial charge in [-0.3, -0.25) is 48.4 Å². The highest BCUT2D eigenvalue weighted by molar-refractivity contribution is 6.32. The summed E-state index contributed by atoms with van der Waals surface area (Å²) in [6.07, 6.45) is 2.44. The van der Waals surface area contributed by atoms with Gasteiger partial charge in [0, 0.05) is 57.7 Å². The van der Waals surface area contributed by atoms with E-state index in [1.165, 1.54) is 12.4 Å². The first-order chi connectivity index (χ1) is 17.9. The molecule has 0 saturated carbocycles. The van der Waals surface area contributed by atoms with Gasteiger partial charge in [0.1, 0.15) is 0 Å². The molecule has 196 valence electrons. The predicted molar refractivity (Wildman–Crippen MR) is 127 cm³/mol. The predicted octanol–water partition coefficient (Wildman–Crippen LogP) is -0.387. The molecule has 8 amide bonds. The maximum atomic E-state index is 13.7. The van der Waals surface area contributed by atoms with E-state index in [0.717, 1.165) is 28.2 Å². The van der Waals surface area contributed by atoms with Gasteiger partial charge < -0.3 is 5.32 Å². The van der Waals surface area contributed by atoms with Gasteiger partial charge in [-0.15, -0.1) is 0 Å². The van der Waals surface area contributed by atoms with Crippen molar-refractivity contribution in [3.63, 3.8) is 0 Å². The molecule has 3 heterocycles. The standard InChI is InChI=1S/C25H23N5O8/c1-27-20(33)16(21(34)28(2)24(27)37)18(31)13-10-26-11-14(15(13)12-8-6-5-7-9-12)19(32)17-22(35)29(3)25(38)30(4)23(17)36/h5-11,15-17,26H,1-4H3. The first-order valence-electron chi connectivity index (χ1n) is 11.4. The van der Waals surface area contributed by atoms with Crippen molar-refractivity contribution < 1.29 is 38.4 Å². The molecule has 0 radical (unpaired) electrons. The minimum Gasteiger partial charge on any atom is -0.367 e. The molecule has 0 unspecified atom stereocenters. The van der Waals surface area contributed by atoms with Gasteiger partial charge in [-0.1, -0.05) is 30.3 Å². The molecular weight excluding hydrogens is 498 g/mol. The second-order valence-corrected chi connectivity index (χ2v) is 8.96. The van der Waals surface area contributed by atoms with Crippen molar-refractivity contribution in [3.05, 3.63) is 59.4 Å². The summed E-state index contributed by atoms with van der Waals surface area (Å²) in [6, 6.07) is 6.35. The number of urea groups is 2. The minimum absolute atomic E-state index is 0.168. The van der Waals surface area contributed by atoms with Gasteiger partial charge in [-0.05, 0) is 5.56 Å². The molecule has 1 aromatic carbocycles. The topological polar surface area (TPSA) is 162 Å². The Morgan fingerprint density at radius 1 is 0.605 bits per heavy atom. The maximum absolute atomic E-state index is 13.7. The van der Waals surface area contributed by atoms with Crippen LogP contribution in [-0.4, -0.2) is 95.0 Å². The highest BCUT2D eigenvalue weighted by Crippen LogP contribution is 2.38. The number of nitrogens with zero attached hydrogens (tertiary/aromatic N) is 4. The Hall–Kier alpha value is -4.94. The van der Waals surface area contributed by atoms with E-state index in [4.69, 9.17) is 0 Å². The number of amides is 8. The zero-order valence-electron chi connectivity index (χ0n) is 20.8. The average molecular weight is 521 g/mol. The van der Waals surface area contributed by atoms with E-state index in [2.05, 4.69) is 5.32 Å². The molecule has 2 saturated heterocycles. The molecule has 3 aliphatic heterocycles. The molecule has 13 nitrogen and oxygen atoms in total. The summed E-state index contributed by atoms with van der Waals surface area (Å²) in [4.78, 5) is 106. The van der Waals surface area contributed by atoms with Gasteiger partial charge >= 0.3 is 12.1 Å². The third-order valence-corrected chi connectivity index (χ3v) is 6.78. The quantitative estimate of drug-likeness (QED) is 0.509. The molecule has 38 heavy (non-hydrogen) atoms. The lowest BCUT2D eigenvalue weighted by Crippen LogP contribution is -2.60. The first kappa shape index (κ1) is 26.1. The van der Waals surface area contributed by atoms with Gasteiger partial charge in [0.25, 0.3) is 23.6 Å². The van der Waals surface area contributed by atoms with Crippen LogP contribution in [0, 0.1) is 11.8 Å². The van der Waals surface area contributed by atoms with Crippen molar-refractivity contribution in [2.75, 3.05) is 28.2 Å². The lowest BCUT2D eigenvalue weighted by Gasteiger charge is -2.35. The molecule has 1 N–H and O–H groups in total. The molecule has 3 aliphatic rings. The van der Waals surface area contributed by atoms with Gasteiger partial charge in [-0.2, -0.15) is 0 Å². The smallest absolute Gasteiger partial charge is 0.332 e. The highest BCUT2D eigenvalue weighted by Gasteiger charge is 2.52. The van der Waals surface area contributed by atoms with Crippen LogP contribution in [0.25, 0.3) is 0 Å². The van der Waals surface area contributed by atoms with Crippen LogP contribution >= 0.6 is 0 Å². The minimum atomic E-state index is -1.88. The number of Topliss-reactive ketones (excluding diaryl/α,β-unsaturated/α-hetero) is 2. The number of carbonyl (C=O) groups excluding carboxylic acids is 8. The van der Waals surface area contributed by atoms with Crippen molar-refractivity contribution in [1.82, 2.24) is 24.9 Å². The van der Waals surface area contributed by atoms with Gasteiger partial charge in [0.2, 0.25) is 0 Å². The van der Waals surface area contributed by atoms with Crippen LogP contribution in [0.3, 0.4) is 0 Å². The Labute approximate surface area is 216 Å². The van der Waals surface area contributed by atoms with E-state index in [9.17, 15) is 38.4 Å². The fourth-order valence-corrected chi connectivity index (χ4v) is 4.58. The number of carbonyl (C=O) groups is 8. The molecule has 0 aliphatic carbocycles. The summed E-state index contributed by atoms with van der Waals surface area (Å²) < 4.78 is 0. The summed E-state index contributed by atoms with van der Waals surface area (Å²) in [5.41, 5.74) is 0.0620. The van der Waals surface area contributed by atoms with Crippen molar-refractivity contribution in [2.24, 2.45) is 11.8 Å². The SMILES string of the molecule is CN1C(=O)C(C(=O)C2=CNC=C(C(=O)C3C(=O)N(C)C(=O)N(C)C3=O)C2c2ccccc2)C(=O)N(C)C1=O. The summed E-state index contributed by atoms with van der Waals surface area (Å²) in [5.74, 6) is -11.0. The monoisotopic (exact) mass is 521 g/mol. The Balaban J connectivity index is 1.78. The number of imide groups is 4. The second kappa shape index (κ2) is 9.50. The zero-order valence-corrected chi connectivity index (χ0v) is 20.8. The van der Waals surface area contributed by atoms with Crippen molar-refractivity contribution in [2.45, 2.75) is 5.92 Å². The normalized spacial score (nSPS) is 20.1.